The molecule has 2 heterocycles. The third-order valence-electron chi connectivity index (χ3n) is 7.81. The van der Waals surface area contributed by atoms with Crippen LogP contribution in [0.3, 0.4) is 0 Å². The standard InChI is InChI=1S/C24H32N4O2S/c1-4-6-28-22(21-15(2)5-7-30-21)26-27-23(28)31-14-20(29)25-16(3)24-11-17-8-18(12-24)10-19(9-17)13-24/h4-5,7,16-19H,1,6,8-14H2,2-3H3,(H,25,29). The monoisotopic (exact) mass is 440 g/mol. The molecule has 0 radical (unpaired) electrons. The van der Waals surface area contributed by atoms with Crippen molar-refractivity contribution in [2.75, 3.05) is 5.75 Å². The van der Waals surface area contributed by atoms with Gasteiger partial charge in [0, 0.05) is 12.6 Å². The van der Waals surface area contributed by atoms with Gasteiger partial charge < -0.3 is 9.73 Å². The highest BCUT2D eigenvalue weighted by Gasteiger charge is 2.53. The molecule has 31 heavy (non-hydrogen) atoms. The zero-order valence-corrected chi connectivity index (χ0v) is 19.3. The van der Waals surface area contributed by atoms with Crippen molar-refractivity contribution in [2.45, 2.75) is 70.1 Å². The summed E-state index contributed by atoms with van der Waals surface area (Å²) in [4.78, 5) is 12.9. The number of carbonyl (C=O) groups is 1. The molecule has 2 aromatic rings. The van der Waals surface area contributed by atoms with Crippen LogP contribution in [-0.2, 0) is 11.3 Å². The van der Waals surface area contributed by atoms with Crippen molar-refractivity contribution < 1.29 is 9.21 Å². The van der Waals surface area contributed by atoms with Gasteiger partial charge in [-0.3, -0.25) is 9.36 Å². The smallest absolute Gasteiger partial charge is 0.230 e. The van der Waals surface area contributed by atoms with Crippen LogP contribution in [-0.4, -0.2) is 32.5 Å². The summed E-state index contributed by atoms with van der Waals surface area (Å²) in [7, 11) is 0. The Morgan fingerprint density at radius 3 is 2.58 bits per heavy atom. The Balaban J connectivity index is 1.23. The van der Waals surface area contributed by atoms with E-state index in [1.807, 2.05) is 23.6 Å². The fourth-order valence-electron chi connectivity index (χ4n) is 6.73. The zero-order valence-electron chi connectivity index (χ0n) is 18.5. The van der Waals surface area contributed by atoms with E-state index in [0.717, 1.165) is 23.3 Å². The molecular formula is C24H32N4O2S. The molecule has 4 aliphatic carbocycles. The Bertz CT molecular complexity index is 943. The summed E-state index contributed by atoms with van der Waals surface area (Å²) in [6.07, 6.45) is 11.6. The van der Waals surface area contributed by atoms with Crippen molar-refractivity contribution in [3.05, 3.63) is 30.5 Å². The zero-order chi connectivity index (χ0) is 21.6. The summed E-state index contributed by atoms with van der Waals surface area (Å²) in [5, 5.41) is 12.7. The molecule has 1 atom stereocenters. The van der Waals surface area contributed by atoms with E-state index in [-0.39, 0.29) is 11.9 Å². The molecule has 1 N–H and O–H groups in total. The molecule has 6 nitrogen and oxygen atoms in total. The summed E-state index contributed by atoms with van der Waals surface area (Å²) < 4.78 is 7.56. The van der Waals surface area contributed by atoms with E-state index in [1.54, 1.807) is 6.26 Å². The quantitative estimate of drug-likeness (QED) is 0.469. The number of furan rings is 1. The molecule has 0 spiro atoms. The van der Waals surface area contributed by atoms with E-state index >= 15 is 0 Å². The van der Waals surface area contributed by atoms with E-state index in [9.17, 15) is 4.79 Å². The van der Waals surface area contributed by atoms with E-state index in [4.69, 9.17) is 4.42 Å². The topological polar surface area (TPSA) is 73.0 Å². The van der Waals surface area contributed by atoms with Gasteiger partial charge >= 0.3 is 0 Å². The van der Waals surface area contributed by atoms with E-state index in [0.29, 0.717) is 34.5 Å². The summed E-state index contributed by atoms with van der Waals surface area (Å²) in [5.41, 5.74) is 1.33. The number of amides is 1. The average molecular weight is 441 g/mol. The predicted molar refractivity (Wildman–Crippen MR) is 122 cm³/mol. The SMILES string of the molecule is C=CCn1c(SCC(=O)NC(C)C23CC4CC(CC(C4)C2)C3)nnc1-c1occc1C. The molecule has 1 amide bonds. The fourth-order valence-corrected chi connectivity index (χ4v) is 7.49. The van der Waals surface area contributed by atoms with Gasteiger partial charge in [0.2, 0.25) is 11.7 Å². The molecule has 4 bridgehead atoms. The third kappa shape index (κ3) is 3.86. The van der Waals surface area contributed by atoms with Gasteiger partial charge in [-0.25, -0.2) is 0 Å². The molecule has 0 saturated heterocycles. The average Bonchev–Trinajstić information content (AvgIpc) is 3.31. The Morgan fingerprint density at radius 2 is 2.00 bits per heavy atom. The van der Waals surface area contributed by atoms with Crippen molar-refractivity contribution in [1.82, 2.24) is 20.1 Å². The van der Waals surface area contributed by atoms with Gasteiger partial charge in [0.05, 0.1) is 12.0 Å². The van der Waals surface area contributed by atoms with Crippen LogP contribution in [0.4, 0.5) is 0 Å². The number of hydrogen-bond donors (Lipinski definition) is 1. The Kier molecular flexibility index (Phi) is 5.49. The second-order valence-electron chi connectivity index (χ2n) is 10.00. The predicted octanol–water partition coefficient (Wildman–Crippen LogP) is 4.85. The Hall–Kier alpha value is -2.02. The highest BCUT2D eigenvalue weighted by Crippen LogP contribution is 2.61. The number of thioether (sulfide) groups is 1. The number of carbonyl (C=O) groups excluding carboxylic acids is 1. The number of hydrogen-bond acceptors (Lipinski definition) is 5. The maximum Gasteiger partial charge on any atom is 0.230 e. The maximum absolute atomic E-state index is 12.9. The molecule has 6 rings (SSSR count). The maximum atomic E-state index is 12.9. The molecule has 0 aliphatic heterocycles. The minimum atomic E-state index is 0.0807. The fraction of sp³-hybridized carbons (Fsp3) is 0.625. The first-order valence-corrected chi connectivity index (χ1v) is 12.5. The molecular weight excluding hydrogens is 408 g/mol. The summed E-state index contributed by atoms with van der Waals surface area (Å²) in [5.74, 6) is 4.47. The van der Waals surface area contributed by atoms with Gasteiger partial charge in [-0.15, -0.1) is 16.8 Å². The van der Waals surface area contributed by atoms with Crippen LogP contribution in [0, 0.1) is 30.1 Å². The lowest BCUT2D eigenvalue weighted by atomic mass is 9.48. The lowest BCUT2D eigenvalue weighted by Gasteiger charge is -2.59. The first-order valence-electron chi connectivity index (χ1n) is 11.5. The Morgan fingerprint density at radius 1 is 1.32 bits per heavy atom. The van der Waals surface area contributed by atoms with Gasteiger partial charge in [-0.2, -0.15) is 0 Å². The van der Waals surface area contributed by atoms with Gasteiger partial charge in [-0.05, 0) is 87.2 Å². The molecule has 4 fully saturated rings. The van der Waals surface area contributed by atoms with Crippen molar-refractivity contribution in [2.24, 2.45) is 23.2 Å². The van der Waals surface area contributed by atoms with E-state index in [2.05, 4.69) is 29.0 Å². The van der Waals surface area contributed by atoms with Crippen LogP contribution in [0.2, 0.25) is 0 Å². The summed E-state index contributed by atoms with van der Waals surface area (Å²) >= 11 is 1.43. The van der Waals surface area contributed by atoms with Crippen molar-refractivity contribution in [3.63, 3.8) is 0 Å². The van der Waals surface area contributed by atoms with Crippen LogP contribution in [0.5, 0.6) is 0 Å². The lowest BCUT2D eigenvalue weighted by Crippen LogP contribution is -2.56. The van der Waals surface area contributed by atoms with Crippen molar-refractivity contribution in [1.29, 1.82) is 0 Å². The van der Waals surface area contributed by atoms with E-state index < -0.39 is 0 Å². The number of aromatic nitrogens is 3. The van der Waals surface area contributed by atoms with Crippen molar-refractivity contribution >= 4 is 17.7 Å². The number of aryl methyl sites for hydroxylation is 1. The molecule has 2 aromatic heterocycles. The molecule has 0 aromatic carbocycles. The van der Waals surface area contributed by atoms with Crippen LogP contribution in [0.25, 0.3) is 11.6 Å². The highest BCUT2D eigenvalue weighted by molar-refractivity contribution is 7.99. The van der Waals surface area contributed by atoms with Crippen LogP contribution in [0.1, 0.15) is 51.0 Å². The molecule has 4 aliphatic rings. The van der Waals surface area contributed by atoms with E-state index in [1.165, 1.54) is 50.3 Å². The second-order valence-corrected chi connectivity index (χ2v) is 10.9. The Labute approximate surface area is 188 Å². The van der Waals surface area contributed by atoms with Gasteiger partial charge in [0.25, 0.3) is 0 Å². The minimum Gasteiger partial charge on any atom is -0.461 e. The number of nitrogens with zero attached hydrogens (tertiary/aromatic N) is 3. The van der Waals surface area contributed by atoms with Gasteiger partial charge in [-0.1, -0.05) is 17.8 Å². The summed E-state index contributed by atoms with van der Waals surface area (Å²) in [6, 6.07) is 2.15. The first-order chi connectivity index (χ1) is 15.0. The normalized spacial score (nSPS) is 29.8. The van der Waals surface area contributed by atoms with Crippen LogP contribution >= 0.6 is 11.8 Å². The van der Waals surface area contributed by atoms with Crippen LogP contribution in [0.15, 0.2) is 34.6 Å². The van der Waals surface area contributed by atoms with Gasteiger partial charge in [0.15, 0.2) is 10.9 Å². The molecule has 166 valence electrons. The summed E-state index contributed by atoms with van der Waals surface area (Å²) in [6.45, 7) is 8.63. The lowest BCUT2D eigenvalue weighted by molar-refractivity contribution is -0.123. The number of nitrogens with one attached hydrogen (secondary N) is 1. The van der Waals surface area contributed by atoms with Crippen LogP contribution < -0.4 is 5.32 Å². The molecule has 7 heteroatoms. The molecule has 1 unspecified atom stereocenters. The second kappa shape index (κ2) is 8.15. The third-order valence-corrected chi connectivity index (χ3v) is 8.77. The van der Waals surface area contributed by atoms with Crippen molar-refractivity contribution in [3.8, 4) is 11.6 Å². The first kappa shape index (κ1) is 20.9. The van der Waals surface area contributed by atoms with Gasteiger partial charge in [0.1, 0.15) is 0 Å². The molecule has 4 saturated carbocycles. The largest absolute Gasteiger partial charge is 0.461 e. The number of rotatable bonds is 8. The minimum absolute atomic E-state index is 0.0807. The highest BCUT2D eigenvalue weighted by atomic mass is 32.2. The number of allylic oxidation sites excluding steroid dienone is 1.